The Hall–Kier alpha value is -1.94. The summed E-state index contributed by atoms with van der Waals surface area (Å²) in [6.45, 7) is 10.5. The molecular formula is C22H30FNOS. The number of halogens is 1. The van der Waals surface area contributed by atoms with Gasteiger partial charge in [0.15, 0.2) is 0 Å². The Morgan fingerprint density at radius 3 is 2.73 bits per heavy atom. The van der Waals surface area contributed by atoms with Crippen LogP contribution in [-0.2, 0) is 0 Å². The van der Waals surface area contributed by atoms with Crippen molar-refractivity contribution in [3.63, 3.8) is 0 Å². The van der Waals surface area contributed by atoms with Crippen LogP contribution in [0.5, 0.6) is 5.75 Å². The number of alkyl halides is 1. The minimum atomic E-state index is -0.359. The minimum Gasteiger partial charge on any atom is -0.493 e. The summed E-state index contributed by atoms with van der Waals surface area (Å²) in [6, 6.07) is 5.94. The first-order valence-corrected chi connectivity index (χ1v) is 9.76. The smallest absolute Gasteiger partial charge is 0.120 e. The molecular weight excluding hydrogens is 345 g/mol. The number of nitrogens with one attached hydrogen (secondary N) is 1. The molecule has 2 nitrogen and oxygen atoms in total. The zero-order valence-corrected chi connectivity index (χ0v) is 17.1. The maximum Gasteiger partial charge on any atom is 0.120 e. The van der Waals surface area contributed by atoms with Crippen LogP contribution in [0, 0.1) is 6.92 Å². The lowest BCUT2D eigenvalue weighted by molar-refractivity contribution is 0.289. The van der Waals surface area contributed by atoms with Gasteiger partial charge in [-0.1, -0.05) is 49.6 Å². The molecule has 0 aliphatic rings. The van der Waals surface area contributed by atoms with Crippen molar-refractivity contribution in [3.8, 4) is 5.75 Å². The van der Waals surface area contributed by atoms with Crippen LogP contribution in [0.2, 0.25) is 0 Å². The second-order valence-corrected chi connectivity index (χ2v) is 6.88. The van der Waals surface area contributed by atoms with Crippen LogP contribution in [0.15, 0.2) is 70.2 Å². The Morgan fingerprint density at radius 2 is 2.12 bits per heavy atom. The molecule has 0 fully saturated rings. The predicted molar refractivity (Wildman–Crippen MR) is 113 cm³/mol. The number of allylic oxidation sites excluding steroid dienone is 5. The van der Waals surface area contributed by atoms with E-state index in [4.69, 9.17) is 4.74 Å². The molecule has 0 atom stereocenters. The van der Waals surface area contributed by atoms with Gasteiger partial charge in [-0.25, -0.2) is 0 Å². The minimum absolute atomic E-state index is 0.359. The Kier molecular flexibility index (Phi) is 10.6. The van der Waals surface area contributed by atoms with E-state index in [0.717, 1.165) is 38.8 Å². The van der Waals surface area contributed by atoms with Gasteiger partial charge in [-0.2, -0.15) is 0 Å². The molecule has 1 aromatic rings. The summed E-state index contributed by atoms with van der Waals surface area (Å²) in [5.41, 5.74) is 3.33. The Balaban J connectivity index is 2.85. The highest BCUT2D eigenvalue weighted by molar-refractivity contribution is 8.03. The van der Waals surface area contributed by atoms with E-state index in [1.54, 1.807) is 11.8 Å². The molecule has 0 bridgehead atoms. The maximum absolute atomic E-state index is 12.2. The quantitative estimate of drug-likeness (QED) is 0.276. The van der Waals surface area contributed by atoms with Crippen LogP contribution in [0.1, 0.15) is 32.3 Å². The lowest BCUT2D eigenvalue weighted by Crippen LogP contribution is -2.02. The molecule has 0 radical (unpaired) electrons. The molecule has 0 unspecified atom stereocenters. The highest BCUT2D eigenvalue weighted by Gasteiger charge is 2.07. The van der Waals surface area contributed by atoms with Crippen molar-refractivity contribution < 1.29 is 9.13 Å². The normalized spacial score (nSPS) is 12.5. The van der Waals surface area contributed by atoms with Crippen molar-refractivity contribution in [2.75, 3.05) is 20.3 Å². The third-order valence-corrected chi connectivity index (χ3v) is 4.87. The zero-order valence-electron chi connectivity index (χ0n) is 16.3. The van der Waals surface area contributed by atoms with Gasteiger partial charge in [-0.05, 0) is 49.6 Å². The fourth-order valence-electron chi connectivity index (χ4n) is 2.22. The first-order valence-electron chi connectivity index (χ1n) is 8.94. The molecule has 142 valence electrons. The summed E-state index contributed by atoms with van der Waals surface area (Å²) in [7, 11) is 1.92. The van der Waals surface area contributed by atoms with Crippen LogP contribution in [0.25, 0.3) is 0 Å². The van der Waals surface area contributed by atoms with E-state index in [9.17, 15) is 4.39 Å². The van der Waals surface area contributed by atoms with Crippen molar-refractivity contribution in [2.45, 2.75) is 38.5 Å². The Labute approximate surface area is 161 Å². The van der Waals surface area contributed by atoms with Crippen molar-refractivity contribution >= 4 is 11.8 Å². The lowest BCUT2D eigenvalue weighted by atomic mass is 10.2. The molecule has 0 saturated carbocycles. The second-order valence-electron chi connectivity index (χ2n) is 5.74. The Bertz CT molecular complexity index is 677. The number of ether oxygens (including phenoxy) is 1. The largest absolute Gasteiger partial charge is 0.493 e. The van der Waals surface area contributed by atoms with E-state index in [1.165, 1.54) is 0 Å². The molecule has 4 heteroatoms. The summed E-state index contributed by atoms with van der Waals surface area (Å²) in [5, 5.41) is 3.18. The Morgan fingerprint density at radius 1 is 1.35 bits per heavy atom. The van der Waals surface area contributed by atoms with Gasteiger partial charge in [0.25, 0.3) is 0 Å². The monoisotopic (exact) mass is 375 g/mol. The van der Waals surface area contributed by atoms with Gasteiger partial charge < -0.3 is 10.1 Å². The molecule has 1 aromatic carbocycles. The van der Waals surface area contributed by atoms with Crippen molar-refractivity contribution in [1.29, 1.82) is 0 Å². The van der Waals surface area contributed by atoms with Crippen molar-refractivity contribution in [2.24, 2.45) is 0 Å². The zero-order chi connectivity index (χ0) is 19.4. The lowest BCUT2D eigenvalue weighted by Gasteiger charge is -2.12. The van der Waals surface area contributed by atoms with Gasteiger partial charge in [0.2, 0.25) is 0 Å². The molecule has 1 rings (SSSR count). The maximum atomic E-state index is 12.2. The summed E-state index contributed by atoms with van der Waals surface area (Å²) < 4.78 is 17.8. The summed E-state index contributed by atoms with van der Waals surface area (Å²) in [6.07, 6.45) is 9.73. The van der Waals surface area contributed by atoms with Gasteiger partial charge >= 0.3 is 0 Å². The molecule has 0 aliphatic heterocycles. The second kappa shape index (κ2) is 12.4. The van der Waals surface area contributed by atoms with Gasteiger partial charge in [0.05, 0.1) is 13.3 Å². The fraction of sp³-hybridized carbons (Fsp3) is 0.364. The van der Waals surface area contributed by atoms with E-state index < -0.39 is 0 Å². The van der Waals surface area contributed by atoms with Crippen LogP contribution < -0.4 is 10.1 Å². The molecule has 0 aliphatic carbocycles. The summed E-state index contributed by atoms with van der Waals surface area (Å²) in [5.74, 6) is 0.764. The molecule has 0 amide bonds. The highest BCUT2D eigenvalue weighted by Crippen LogP contribution is 2.35. The average Bonchev–Trinajstić information content (AvgIpc) is 2.64. The van der Waals surface area contributed by atoms with E-state index in [1.807, 2.05) is 32.2 Å². The SMILES string of the molecule is C=C(Sc1cc(OCCCF)ccc1C)C(=CC)/C=C\C(=C/CC)NC. The number of likely N-dealkylation sites (N-methyl/N-ethyl adjacent to an activating group) is 1. The van der Waals surface area contributed by atoms with Crippen LogP contribution in [0.4, 0.5) is 4.39 Å². The number of hydrogen-bond donors (Lipinski definition) is 1. The van der Waals surface area contributed by atoms with Crippen LogP contribution >= 0.6 is 11.8 Å². The molecule has 1 N–H and O–H groups in total. The van der Waals surface area contributed by atoms with Crippen molar-refractivity contribution in [3.05, 3.63) is 70.8 Å². The number of benzene rings is 1. The number of rotatable bonds is 11. The van der Waals surface area contributed by atoms with Crippen molar-refractivity contribution in [1.82, 2.24) is 5.32 Å². The van der Waals surface area contributed by atoms with Gasteiger partial charge in [-0.3, -0.25) is 4.39 Å². The van der Waals surface area contributed by atoms with Gasteiger partial charge in [0.1, 0.15) is 5.75 Å². The third-order valence-electron chi connectivity index (χ3n) is 3.73. The fourth-order valence-corrected chi connectivity index (χ4v) is 3.19. The number of thioether (sulfide) groups is 1. The van der Waals surface area contributed by atoms with Gasteiger partial charge in [0, 0.05) is 29.0 Å². The van der Waals surface area contributed by atoms with Crippen LogP contribution in [-0.4, -0.2) is 20.3 Å². The average molecular weight is 376 g/mol. The van der Waals surface area contributed by atoms with E-state index in [-0.39, 0.29) is 6.67 Å². The first-order chi connectivity index (χ1) is 12.5. The predicted octanol–water partition coefficient (Wildman–Crippen LogP) is 6.36. The van der Waals surface area contributed by atoms with E-state index in [0.29, 0.717) is 13.0 Å². The highest BCUT2D eigenvalue weighted by atomic mass is 32.2. The summed E-state index contributed by atoms with van der Waals surface area (Å²) in [4.78, 5) is 2.07. The molecule has 0 aromatic heterocycles. The summed E-state index contributed by atoms with van der Waals surface area (Å²) >= 11 is 1.62. The third kappa shape index (κ3) is 7.52. The molecule has 0 heterocycles. The topological polar surface area (TPSA) is 21.3 Å². The molecule has 26 heavy (non-hydrogen) atoms. The van der Waals surface area contributed by atoms with Crippen LogP contribution in [0.3, 0.4) is 0 Å². The standard InChI is InChI=1S/C22H30FNOS/c1-6-9-20(24-5)12-11-19(7-2)18(4)26-22-16-21(13-10-17(22)3)25-15-8-14-23/h7,9-13,16,24H,4,6,8,14-15H2,1-3,5H3/b12-11-,19-7?,20-9+. The molecule has 0 spiro atoms. The number of hydrogen-bond acceptors (Lipinski definition) is 3. The van der Waals surface area contributed by atoms with E-state index >= 15 is 0 Å². The first kappa shape index (κ1) is 22.1. The van der Waals surface area contributed by atoms with E-state index in [2.05, 4.69) is 50.0 Å². The number of aryl methyl sites for hydroxylation is 1. The molecule has 0 saturated heterocycles. The van der Waals surface area contributed by atoms with Gasteiger partial charge in [-0.15, -0.1) is 0 Å².